The lowest BCUT2D eigenvalue weighted by atomic mass is 10.1. The summed E-state index contributed by atoms with van der Waals surface area (Å²) < 4.78 is 1.86. The zero-order valence-corrected chi connectivity index (χ0v) is 11.7. The second-order valence-corrected chi connectivity index (χ2v) is 4.96. The number of aromatic nitrogens is 2. The second kappa shape index (κ2) is 7.74. The minimum atomic E-state index is 1.04. The first-order valence-electron chi connectivity index (χ1n) is 7.07. The fourth-order valence-corrected chi connectivity index (χ4v) is 2.18. The number of unbranched alkanes of at least 4 members (excludes halogenated alkanes) is 1. The highest BCUT2D eigenvalue weighted by Gasteiger charge is 1.96. The third kappa shape index (κ3) is 5.26. The van der Waals surface area contributed by atoms with Gasteiger partial charge in [0.1, 0.15) is 0 Å². The first kappa shape index (κ1) is 13.8. The van der Waals surface area contributed by atoms with E-state index in [1.54, 1.807) is 0 Å². The molecule has 0 aliphatic carbocycles. The predicted octanol–water partition coefficient (Wildman–Crippen LogP) is 2.58. The van der Waals surface area contributed by atoms with Gasteiger partial charge in [0, 0.05) is 13.2 Å². The highest BCUT2D eigenvalue weighted by molar-refractivity contribution is 5.14. The summed E-state index contributed by atoms with van der Waals surface area (Å²) in [5.41, 5.74) is 2.75. The molecule has 3 nitrogen and oxygen atoms in total. The van der Waals surface area contributed by atoms with Gasteiger partial charge in [-0.1, -0.05) is 30.3 Å². The Morgan fingerprint density at radius 3 is 2.58 bits per heavy atom. The van der Waals surface area contributed by atoms with Crippen LogP contribution >= 0.6 is 0 Å². The smallest absolute Gasteiger partial charge is 0.0522 e. The van der Waals surface area contributed by atoms with Crippen molar-refractivity contribution in [1.29, 1.82) is 0 Å². The summed E-state index contributed by atoms with van der Waals surface area (Å²) in [5.74, 6) is 0. The van der Waals surface area contributed by atoms with E-state index in [4.69, 9.17) is 0 Å². The van der Waals surface area contributed by atoms with Crippen LogP contribution in [-0.4, -0.2) is 22.9 Å². The number of benzene rings is 1. The van der Waals surface area contributed by atoms with Crippen molar-refractivity contribution in [2.24, 2.45) is 7.05 Å². The molecule has 0 fully saturated rings. The van der Waals surface area contributed by atoms with E-state index in [0.717, 1.165) is 19.5 Å². The van der Waals surface area contributed by atoms with Gasteiger partial charge in [0.25, 0.3) is 0 Å². The van der Waals surface area contributed by atoms with Crippen LogP contribution in [0.4, 0.5) is 0 Å². The van der Waals surface area contributed by atoms with Gasteiger partial charge in [-0.05, 0) is 49.9 Å². The van der Waals surface area contributed by atoms with E-state index in [1.165, 1.54) is 30.4 Å². The summed E-state index contributed by atoms with van der Waals surface area (Å²) in [7, 11) is 1.96. The van der Waals surface area contributed by atoms with Gasteiger partial charge in [0.15, 0.2) is 0 Å². The second-order valence-electron chi connectivity index (χ2n) is 4.96. The van der Waals surface area contributed by atoms with E-state index < -0.39 is 0 Å². The van der Waals surface area contributed by atoms with Gasteiger partial charge in [0.05, 0.1) is 6.20 Å². The summed E-state index contributed by atoms with van der Waals surface area (Å²) in [5, 5.41) is 7.66. The Morgan fingerprint density at radius 1 is 1.00 bits per heavy atom. The lowest BCUT2D eigenvalue weighted by Crippen LogP contribution is -2.18. The summed E-state index contributed by atoms with van der Waals surface area (Å²) in [6.45, 7) is 2.14. The number of hydrogen-bond acceptors (Lipinski definition) is 2. The Hall–Kier alpha value is -1.61. The van der Waals surface area contributed by atoms with Gasteiger partial charge >= 0.3 is 0 Å². The van der Waals surface area contributed by atoms with Gasteiger partial charge in [-0.3, -0.25) is 4.68 Å². The van der Waals surface area contributed by atoms with Crippen LogP contribution in [0.25, 0.3) is 0 Å². The summed E-state index contributed by atoms with van der Waals surface area (Å²) in [6.07, 6.45) is 8.76. The molecule has 0 bridgehead atoms. The molecule has 1 heterocycles. The number of nitrogens with zero attached hydrogens (tertiary/aromatic N) is 2. The maximum atomic E-state index is 4.17. The highest BCUT2D eigenvalue weighted by Crippen LogP contribution is 2.03. The maximum Gasteiger partial charge on any atom is 0.0522 e. The van der Waals surface area contributed by atoms with Crippen molar-refractivity contribution in [3.63, 3.8) is 0 Å². The number of hydrogen-bond donors (Lipinski definition) is 1. The van der Waals surface area contributed by atoms with Crippen LogP contribution in [0, 0.1) is 0 Å². The fourth-order valence-electron chi connectivity index (χ4n) is 2.18. The highest BCUT2D eigenvalue weighted by atomic mass is 15.2. The molecule has 0 unspecified atom stereocenters. The molecule has 0 saturated heterocycles. The minimum Gasteiger partial charge on any atom is -0.316 e. The lowest BCUT2D eigenvalue weighted by Gasteiger charge is -2.04. The Kier molecular flexibility index (Phi) is 5.63. The lowest BCUT2D eigenvalue weighted by molar-refractivity contribution is 0.622. The van der Waals surface area contributed by atoms with E-state index in [9.17, 15) is 0 Å². The Balaban J connectivity index is 1.48. The Labute approximate surface area is 115 Å². The van der Waals surface area contributed by atoms with Crippen molar-refractivity contribution in [2.45, 2.75) is 25.7 Å². The van der Waals surface area contributed by atoms with Crippen molar-refractivity contribution in [1.82, 2.24) is 15.1 Å². The van der Waals surface area contributed by atoms with Crippen LogP contribution in [0.1, 0.15) is 24.0 Å². The zero-order chi connectivity index (χ0) is 13.3. The number of aryl methyl sites for hydroxylation is 2. The molecule has 0 saturated carbocycles. The molecule has 0 spiro atoms. The quantitative estimate of drug-likeness (QED) is 0.737. The maximum absolute atomic E-state index is 4.17. The molecular formula is C16H23N3. The zero-order valence-electron chi connectivity index (χ0n) is 11.7. The largest absolute Gasteiger partial charge is 0.316 e. The monoisotopic (exact) mass is 257 g/mol. The Morgan fingerprint density at radius 2 is 1.84 bits per heavy atom. The molecule has 2 aromatic rings. The average molecular weight is 257 g/mol. The van der Waals surface area contributed by atoms with E-state index in [-0.39, 0.29) is 0 Å². The molecule has 0 aliphatic rings. The number of rotatable bonds is 8. The van der Waals surface area contributed by atoms with E-state index >= 15 is 0 Å². The van der Waals surface area contributed by atoms with Gasteiger partial charge < -0.3 is 5.32 Å². The van der Waals surface area contributed by atoms with Crippen molar-refractivity contribution in [3.8, 4) is 0 Å². The first-order valence-corrected chi connectivity index (χ1v) is 7.07. The summed E-state index contributed by atoms with van der Waals surface area (Å²) in [6, 6.07) is 10.7. The standard InChI is InChI=1S/C16H23N3/c1-19-14-16(13-18-19)10-12-17-11-6-5-9-15-7-3-2-4-8-15/h2-4,7-8,13-14,17H,5-6,9-12H2,1H3. The van der Waals surface area contributed by atoms with Gasteiger partial charge in [-0.25, -0.2) is 0 Å². The van der Waals surface area contributed by atoms with Crippen molar-refractivity contribution in [2.75, 3.05) is 13.1 Å². The van der Waals surface area contributed by atoms with Crippen LogP contribution in [0.15, 0.2) is 42.7 Å². The first-order chi connectivity index (χ1) is 9.34. The third-order valence-electron chi connectivity index (χ3n) is 3.26. The molecule has 2 rings (SSSR count). The topological polar surface area (TPSA) is 29.9 Å². The van der Waals surface area contributed by atoms with Gasteiger partial charge in [0.2, 0.25) is 0 Å². The van der Waals surface area contributed by atoms with Crippen LogP contribution in [0.2, 0.25) is 0 Å². The predicted molar refractivity (Wildman–Crippen MR) is 79.2 cm³/mol. The van der Waals surface area contributed by atoms with Crippen molar-refractivity contribution < 1.29 is 0 Å². The normalized spacial score (nSPS) is 10.8. The molecule has 1 aromatic carbocycles. The molecule has 0 atom stereocenters. The molecule has 0 radical (unpaired) electrons. The molecular weight excluding hydrogens is 234 g/mol. The van der Waals surface area contributed by atoms with Crippen LogP contribution in [-0.2, 0) is 19.9 Å². The number of nitrogens with one attached hydrogen (secondary N) is 1. The van der Waals surface area contributed by atoms with E-state index in [2.05, 4.69) is 46.9 Å². The summed E-state index contributed by atoms with van der Waals surface area (Å²) >= 11 is 0. The molecule has 1 aromatic heterocycles. The van der Waals surface area contributed by atoms with Gasteiger partial charge in [-0.2, -0.15) is 5.10 Å². The average Bonchev–Trinajstić information content (AvgIpc) is 2.85. The van der Waals surface area contributed by atoms with Crippen LogP contribution < -0.4 is 5.32 Å². The van der Waals surface area contributed by atoms with Crippen LogP contribution in [0.5, 0.6) is 0 Å². The molecule has 0 aliphatic heterocycles. The Bertz CT molecular complexity index is 462. The minimum absolute atomic E-state index is 1.04. The fraction of sp³-hybridized carbons (Fsp3) is 0.438. The van der Waals surface area contributed by atoms with Crippen molar-refractivity contribution >= 4 is 0 Å². The molecule has 1 N–H and O–H groups in total. The van der Waals surface area contributed by atoms with Crippen molar-refractivity contribution in [3.05, 3.63) is 53.9 Å². The SMILES string of the molecule is Cn1cc(CCNCCCCc2ccccc2)cn1. The van der Waals surface area contributed by atoms with Crippen LogP contribution in [0.3, 0.4) is 0 Å². The van der Waals surface area contributed by atoms with Gasteiger partial charge in [-0.15, -0.1) is 0 Å². The third-order valence-corrected chi connectivity index (χ3v) is 3.26. The molecule has 102 valence electrons. The van der Waals surface area contributed by atoms with E-state index in [1.807, 2.05) is 17.9 Å². The molecule has 3 heteroatoms. The summed E-state index contributed by atoms with van der Waals surface area (Å²) in [4.78, 5) is 0. The van der Waals surface area contributed by atoms with E-state index in [0.29, 0.717) is 0 Å². The molecule has 19 heavy (non-hydrogen) atoms. The molecule has 0 amide bonds.